The second-order valence-electron chi connectivity index (χ2n) is 8.46. The fraction of sp³-hybridized carbons (Fsp3) is 0.654. The lowest BCUT2D eigenvalue weighted by Gasteiger charge is -2.16. The van der Waals surface area contributed by atoms with Gasteiger partial charge in [-0.25, -0.2) is 0 Å². The van der Waals surface area contributed by atoms with Crippen LogP contribution in [0.1, 0.15) is 103 Å². The van der Waals surface area contributed by atoms with Crippen molar-refractivity contribution in [1.82, 2.24) is 0 Å². The number of hydrogen-bond donors (Lipinski definition) is 0. The van der Waals surface area contributed by atoms with Crippen LogP contribution in [0.15, 0.2) is 35.7 Å². The van der Waals surface area contributed by atoms with E-state index in [0.717, 1.165) is 44.6 Å². The van der Waals surface area contributed by atoms with E-state index >= 15 is 0 Å². The molecule has 0 amide bonds. The van der Waals surface area contributed by atoms with E-state index in [0.29, 0.717) is 17.0 Å². The Morgan fingerprint density at radius 3 is 2.25 bits per heavy atom. The van der Waals surface area contributed by atoms with Crippen LogP contribution in [0.5, 0.6) is 5.75 Å². The van der Waals surface area contributed by atoms with E-state index in [9.17, 15) is 13.2 Å². The SMILES string of the molecule is C=C(O/N=C(\C)c1ccc(OCCCCCCCCC)c(C(F)(F)F)c1)[C@@H](C)CCCC. The summed E-state index contributed by atoms with van der Waals surface area (Å²) in [6, 6.07) is 4.03. The predicted octanol–water partition coefficient (Wildman–Crippen LogP) is 8.92. The average Bonchev–Trinajstić information content (AvgIpc) is 2.76. The van der Waals surface area contributed by atoms with Crippen molar-refractivity contribution in [1.29, 1.82) is 0 Å². The Balaban J connectivity index is 2.72. The fourth-order valence-corrected chi connectivity index (χ4v) is 3.28. The summed E-state index contributed by atoms with van der Waals surface area (Å²) < 4.78 is 46.3. The van der Waals surface area contributed by atoms with Crippen molar-refractivity contribution in [2.45, 2.75) is 98.1 Å². The number of rotatable bonds is 16. The van der Waals surface area contributed by atoms with Gasteiger partial charge in [-0.15, -0.1) is 0 Å². The zero-order chi connectivity index (χ0) is 24.0. The molecular formula is C26H40F3NO2. The Bertz CT molecular complexity index is 714. The van der Waals surface area contributed by atoms with Crippen LogP contribution in [0.25, 0.3) is 0 Å². The maximum Gasteiger partial charge on any atom is 0.419 e. The van der Waals surface area contributed by atoms with Crippen LogP contribution in [0.2, 0.25) is 0 Å². The third kappa shape index (κ3) is 10.6. The molecule has 0 aliphatic heterocycles. The summed E-state index contributed by atoms with van der Waals surface area (Å²) in [4.78, 5) is 5.38. The van der Waals surface area contributed by atoms with Gasteiger partial charge in [0.1, 0.15) is 11.5 Å². The number of allylic oxidation sites excluding steroid dienone is 1. The highest BCUT2D eigenvalue weighted by Crippen LogP contribution is 2.37. The van der Waals surface area contributed by atoms with Gasteiger partial charge in [0.2, 0.25) is 0 Å². The Morgan fingerprint density at radius 1 is 1.00 bits per heavy atom. The van der Waals surface area contributed by atoms with Crippen molar-refractivity contribution >= 4 is 5.71 Å². The smallest absolute Gasteiger partial charge is 0.419 e. The lowest BCUT2D eigenvalue weighted by Crippen LogP contribution is -2.11. The number of oxime groups is 1. The van der Waals surface area contributed by atoms with Gasteiger partial charge in [-0.3, -0.25) is 0 Å². The molecule has 0 heterocycles. The van der Waals surface area contributed by atoms with Crippen LogP contribution in [0.4, 0.5) is 13.2 Å². The van der Waals surface area contributed by atoms with E-state index in [4.69, 9.17) is 9.57 Å². The van der Waals surface area contributed by atoms with E-state index in [2.05, 4.69) is 25.6 Å². The Kier molecular flexibility index (Phi) is 13.1. The number of benzene rings is 1. The standard InChI is InChI=1S/C26H40F3NO2/c1-6-8-10-11-12-13-14-18-31-25-17-16-23(19-24(25)26(27,28)29)21(4)30-32-22(5)20(3)15-9-7-2/h16-17,19-20H,5-15,18H2,1-4H3/b30-21+/t20-/m0/s1. The number of hydrogen-bond acceptors (Lipinski definition) is 3. The first-order valence-electron chi connectivity index (χ1n) is 12.0. The van der Waals surface area contributed by atoms with Crippen LogP contribution in [-0.2, 0) is 11.0 Å². The zero-order valence-corrected chi connectivity index (χ0v) is 20.2. The second-order valence-corrected chi connectivity index (χ2v) is 8.46. The summed E-state index contributed by atoms with van der Waals surface area (Å²) in [6.07, 6.45) is 6.18. The molecule has 0 saturated heterocycles. The quantitative estimate of drug-likeness (QED) is 0.108. The number of unbranched alkanes of at least 4 members (excludes halogenated alkanes) is 7. The van der Waals surface area contributed by atoms with Gasteiger partial charge in [0.25, 0.3) is 0 Å². The molecule has 182 valence electrons. The first-order chi connectivity index (χ1) is 15.2. The van der Waals surface area contributed by atoms with E-state index < -0.39 is 11.7 Å². The highest BCUT2D eigenvalue weighted by atomic mass is 19.4. The summed E-state index contributed by atoms with van der Waals surface area (Å²) in [5, 5.41) is 4.00. The molecule has 0 spiro atoms. The summed E-state index contributed by atoms with van der Waals surface area (Å²) in [5.74, 6) is 0.515. The summed E-state index contributed by atoms with van der Waals surface area (Å²) in [5.41, 5.74) is -0.0878. The molecule has 0 bridgehead atoms. The van der Waals surface area contributed by atoms with Gasteiger partial charge >= 0.3 is 6.18 Å². The molecule has 1 aromatic rings. The van der Waals surface area contributed by atoms with Crippen molar-refractivity contribution in [3.05, 3.63) is 41.7 Å². The molecule has 0 aliphatic carbocycles. The molecule has 1 rings (SSSR count). The number of nitrogens with zero attached hydrogens (tertiary/aromatic N) is 1. The molecule has 1 atom stereocenters. The van der Waals surface area contributed by atoms with Crippen molar-refractivity contribution in [2.24, 2.45) is 11.1 Å². The first-order valence-corrected chi connectivity index (χ1v) is 12.0. The third-order valence-electron chi connectivity index (χ3n) is 5.55. The van der Waals surface area contributed by atoms with Gasteiger partial charge in [0, 0.05) is 5.92 Å². The van der Waals surface area contributed by atoms with Crippen molar-refractivity contribution < 1.29 is 22.7 Å². The summed E-state index contributed by atoms with van der Waals surface area (Å²) in [6.45, 7) is 12.1. The Morgan fingerprint density at radius 2 is 1.62 bits per heavy atom. The van der Waals surface area contributed by atoms with Crippen molar-refractivity contribution in [3.8, 4) is 5.75 Å². The largest absolute Gasteiger partial charge is 0.493 e. The maximum atomic E-state index is 13.6. The third-order valence-corrected chi connectivity index (χ3v) is 5.55. The lowest BCUT2D eigenvalue weighted by molar-refractivity contribution is -0.139. The molecule has 3 nitrogen and oxygen atoms in total. The Hall–Kier alpha value is -1.98. The second kappa shape index (κ2) is 15.0. The van der Waals surface area contributed by atoms with Crippen LogP contribution < -0.4 is 4.74 Å². The topological polar surface area (TPSA) is 30.8 Å². The maximum absolute atomic E-state index is 13.6. The molecule has 0 unspecified atom stereocenters. The number of ether oxygens (including phenoxy) is 1. The molecule has 0 N–H and O–H groups in total. The van der Waals surface area contributed by atoms with Gasteiger partial charge in [0.15, 0.2) is 0 Å². The van der Waals surface area contributed by atoms with Crippen molar-refractivity contribution in [2.75, 3.05) is 6.61 Å². The van der Waals surface area contributed by atoms with E-state index in [1.54, 1.807) is 13.0 Å². The molecule has 0 aromatic heterocycles. The summed E-state index contributed by atoms with van der Waals surface area (Å²) >= 11 is 0. The van der Waals surface area contributed by atoms with Gasteiger partial charge in [-0.1, -0.05) is 83.9 Å². The number of alkyl halides is 3. The van der Waals surface area contributed by atoms with Crippen LogP contribution in [-0.4, -0.2) is 12.3 Å². The van der Waals surface area contributed by atoms with E-state index in [-0.39, 0.29) is 18.3 Å². The number of halogens is 3. The monoisotopic (exact) mass is 455 g/mol. The minimum atomic E-state index is -4.51. The molecule has 0 radical (unpaired) electrons. The van der Waals surface area contributed by atoms with Crippen molar-refractivity contribution in [3.63, 3.8) is 0 Å². The normalized spacial score (nSPS) is 13.2. The predicted molar refractivity (Wildman–Crippen MR) is 126 cm³/mol. The van der Waals surface area contributed by atoms with Gasteiger partial charge in [0.05, 0.1) is 17.9 Å². The van der Waals surface area contributed by atoms with Crippen LogP contribution in [0, 0.1) is 5.92 Å². The van der Waals surface area contributed by atoms with Gasteiger partial charge in [-0.05, 0) is 43.5 Å². The minimum absolute atomic E-state index is 0.139. The minimum Gasteiger partial charge on any atom is -0.493 e. The highest BCUT2D eigenvalue weighted by molar-refractivity contribution is 5.98. The summed E-state index contributed by atoms with van der Waals surface area (Å²) in [7, 11) is 0. The van der Waals surface area contributed by atoms with Gasteiger partial charge in [-0.2, -0.15) is 13.2 Å². The average molecular weight is 456 g/mol. The van der Waals surface area contributed by atoms with Crippen LogP contribution in [0.3, 0.4) is 0 Å². The lowest BCUT2D eigenvalue weighted by atomic mass is 10.0. The highest BCUT2D eigenvalue weighted by Gasteiger charge is 2.35. The molecule has 6 heteroatoms. The first kappa shape index (κ1) is 28.1. The Labute approximate surface area is 192 Å². The van der Waals surface area contributed by atoms with Crippen LogP contribution >= 0.6 is 0 Å². The molecule has 0 aliphatic rings. The molecule has 0 fully saturated rings. The molecular weight excluding hydrogens is 415 g/mol. The van der Waals surface area contributed by atoms with E-state index in [1.807, 2.05) is 6.92 Å². The zero-order valence-electron chi connectivity index (χ0n) is 20.2. The fourth-order valence-electron chi connectivity index (χ4n) is 3.28. The van der Waals surface area contributed by atoms with E-state index in [1.165, 1.54) is 31.7 Å². The molecule has 1 aromatic carbocycles. The molecule has 0 saturated carbocycles. The van der Waals surface area contributed by atoms with Gasteiger partial charge < -0.3 is 9.57 Å². The molecule has 32 heavy (non-hydrogen) atoms.